The molecule has 0 atom stereocenters. The minimum atomic E-state index is 0. The Bertz CT molecular complexity index is 2210. The molecule has 0 fully saturated rings. The first kappa shape index (κ1) is 35.9. The van der Waals surface area contributed by atoms with Crippen LogP contribution in [0.4, 0.5) is 0 Å². The average molecular weight is 822 g/mol. The van der Waals surface area contributed by atoms with Crippen molar-refractivity contribution in [3.8, 4) is 33.8 Å². The van der Waals surface area contributed by atoms with Crippen LogP contribution in [0.15, 0.2) is 89.6 Å². The largest absolute Gasteiger partial charge is 0.486 e. The number of nitrogens with zero attached hydrogens (tertiary/aromatic N) is 3. The predicted molar refractivity (Wildman–Crippen MR) is 199 cm³/mol. The second-order valence-corrected chi connectivity index (χ2v) is 12.9. The van der Waals surface area contributed by atoms with Gasteiger partial charge < -0.3 is 14.4 Å². The molecular formula is C44H43IrN3O-2. The number of rotatable bonds is 6. The van der Waals surface area contributed by atoms with Crippen LogP contribution in [0.5, 0.6) is 0 Å². The van der Waals surface area contributed by atoms with Crippen LogP contribution in [0.25, 0.3) is 55.8 Å². The molecule has 49 heavy (non-hydrogen) atoms. The molecule has 1 radical (unpaired) electrons. The zero-order valence-electron chi connectivity index (χ0n) is 29.7. The molecular weight excluding hydrogens is 779 g/mol. The summed E-state index contributed by atoms with van der Waals surface area (Å²) < 4.78 is 6.38. The van der Waals surface area contributed by atoms with Crippen molar-refractivity contribution in [1.82, 2.24) is 15.0 Å². The molecule has 4 aromatic heterocycles. The van der Waals surface area contributed by atoms with Gasteiger partial charge in [-0.3, -0.25) is 0 Å². The fourth-order valence-corrected chi connectivity index (χ4v) is 6.45. The maximum atomic E-state index is 6.38. The van der Waals surface area contributed by atoms with Gasteiger partial charge in [0.2, 0.25) is 5.71 Å². The normalized spacial score (nSPS) is 11.0. The van der Waals surface area contributed by atoms with Gasteiger partial charge in [-0.2, -0.15) is 0 Å². The first-order chi connectivity index (χ1) is 23.2. The number of pyridine rings is 3. The van der Waals surface area contributed by atoms with Crippen molar-refractivity contribution in [2.45, 2.75) is 74.1 Å². The number of furan rings is 1. The van der Waals surface area contributed by atoms with E-state index in [1.165, 1.54) is 44.5 Å². The summed E-state index contributed by atoms with van der Waals surface area (Å²) in [6, 6.07) is 31.7. The van der Waals surface area contributed by atoms with E-state index in [1.807, 2.05) is 24.5 Å². The van der Waals surface area contributed by atoms with Crippen molar-refractivity contribution in [1.29, 1.82) is 0 Å². The van der Waals surface area contributed by atoms with Crippen LogP contribution in [0.3, 0.4) is 0 Å². The van der Waals surface area contributed by atoms with E-state index in [1.54, 1.807) is 0 Å². The molecule has 251 valence electrons. The molecule has 4 heterocycles. The quantitative estimate of drug-likeness (QED) is 0.157. The monoisotopic (exact) mass is 822 g/mol. The second kappa shape index (κ2) is 15.4. The summed E-state index contributed by atoms with van der Waals surface area (Å²) in [6.07, 6.45) is 6.13. The van der Waals surface area contributed by atoms with E-state index in [0.29, 0.717) is 11.6 Å². The SMILES string of the molecule is CCC(CC)c1cc(-c2[c-]ccc3c2oc2nc(-c4c(C)cccc4C)ccc23)ncc1C.Cc1c[c-]c(-c2cc(C)c(C)cn2)cc1.[Ir]. The third-order valence-corrected chi connectivity index (χ3v) is 9.48. The molecule has 5 heteroatoms. The fraction of sp³-hybridized carbons (Fsp3) is 0.250. The Morgan fingerprint density at radius 1 is 0.673 bits per heavy atom. The number of aryl methyl sites for hydroxylation is 6. The Hall–Kier alpha value is -4.44. The zero-order chi connectivity index (χ0) is 33.9. The minimum absolute atomic E-state index is 0. The van der Waals surface area contributed by atoms with Crippen LogP contribution >= 0.6 is 0 Å². The molecule has 0 unspecified atom stereocenters. The Balaban J connectivity index is 0.000000246. The minimum Gasteiger partial charge on any atom is -0.486 e. The molecule has 4 nitrogen and oxygen atoms in total. The van der Waals surface area contributed by atoms with Gasteiger partial charge in [-0.15, -0.1) is 53.6 Å². The molecule has 0 saturated carbocycles. The standard InChI is InChI=1S/C30H29N2O.C14H14N.Ir/c1-6-21(7-2)25-16-27(31-17-20(25)5)24-13-9-12-22-23-14-15-26(32-30(23)33-29(22)24)28-18(3)10-8-11-19(28)4;1-10-4-6-13(7-5-10)14-8-11(2)12(3)9-15-14;/h8-12,14-17,21H,6-7H2,1-5H3;4-6,8-9H,1-3H3;/q2*-1;. The summed E-state index contributed by atoms with van der Waals surface area (Å²) in [5.74, 6) is 0.531. The van der Waals surface area contributed by atoms with Gasteiger partial charge in [-0.05, 0) is 105 Å². The number of aromatic nitrogens is 3. The van der Waals surface area contributed by atoms with Crippen LogP contribution in [-0.2, 0) is 20.1 Å². The molecule has 7 aromatic rings. The molecule has 0 saturated heterocycles. The first-order valence-electron chi connectivity index (χ1n) is 16.9. The van der Waals surface area contributed by atoms with Crippen LogP contribution in [0.1, 0.15) is 71.6 Å². The van der Waals surface area contributed by atoms with Gasteiger partial charge in [-0.1, -0.05) is 67.6 Å². The van der Waals surface area contributed by atoms with Crippen LogP contribution in [0, 0.1) is 53.7 Å². The molecule has 0 bridgehead atoms. The Labute approximate surface area is 304 Å². The Morgan fingerprint density at radius 2 is 1.39 bits per heavy atom. The molecule has 0 aliphatic heterocycles. The molecule has 7 rings (SSSR count). The van der Waals surface area contributed by atoms with E-state index in [-0.39, 0.29) is 20.1 Å². The van der Waals surface area contributed by atoms with Crippen LogP contribution in [0.2, 0.25) is 0 Å². The van der Waals surface area contributed by atoms with Crippen LogP contribution < -0.4 is 0 Å². The van der Waals surface area contributed by atoms with E-state index in [2.05, 4.69) is 133 Å². The summed E-state index contributed by atoms with van der Waals surface area (Å²) in [5.41, 5.74) is 16.2. The average Bonchev–Trinajstić information content (AvgIpc) is 3.46. The third-order valence-electron chi connectivity index (χ3n) is 9.48. The molecule has 3 aromatic carbocycles. The van der Waals surface area contributed by atoms with E-state index in [0.717, 1.165) is 57.4 Å². The maximum Gasteiger partial charge on any atom is 0.216 e. The number of hydrogen-bond acceptors (Lipinski definition) is 4. The van der Waals surface area contributed by atoms with Gasteiger partial charge in [0.15, 0.2) is 0 Å². The molecule has 0 amide bonds. The van der Waals surface area contributed by atoms with E-state index in [4.69, 9.17) is 14.4 Å². The van der Waals surface area contributed by atoms with Crippen molar-refractivity contribution in [2.75, 3.05) is 0 Å². The smallest absolute Gasteiger partial charge is 0.216 e. The van der Waals surface area contributed by atoms with Crippen molar-refractivity contribution in [3.05, 3.63) is 136 Å². The summed E-state index contributed by atoms with van der Waals surface area (Å²) in [6.45, 7) is 17.1. The number of fused-ring (bicyclic) bond motifs is 3. The Morgan fingerprint density at radius 3 is 2.06 bits per heavy atom. The third kappa shape index (κ3) is 7.44. The van der Waals surface area contributed by atoms with E-state index < -0.39 is 0 Å². The van der Waals surface area contributed by atoms with E-state index in [9.17, 15) is 0 Å². The van der Waals surface area contributed by atoms with Crippen molar-refractivity contribution in [2.24, 2.45) is 0 Å². The topological polar surface area (TPSA) is 51.8 Å². The van der Waals surface area contributed by atoms with Gasteiger partial charge in [-0.25, -0.2) is 4.98 Å². The Kier molecular flexibility index (Phi) is 11.3. The van der Waals surface area contributed by atoms with Crippen molar-refractivity contribution >= 4 is 22.1 Å². The van der Waals surface area contributed by atoms with Gasteiger partial charge in [0.1, 0.15) is 0 Å². The summed E-state index contributed by atoms with van der Waals surface area (Å²) in [5, 5.41) is 2.06. The predicted octanol–water partition coefficient (Wildman–Crippen LogP) is 11.8. The summed E-state index contributed by atoms with van der Waals surface area (Å²) in [4.78, 5) is 14.1. The molecule has 0 N–H and O–H groups in total. The van der Waals surface area contributed by atoms with E-state index >= 15 is 0 Å². The second-order valence-electron chi connectivity index (χ2n) is 12.9. The summed E-state index contributed by atoms with van der Waals surface area (Å²) in [7, 11) is 0. The maximum absolute atomic E-state index is 6.38. The van der Waals surface area contributed by atoms with Crippen molar-refractivity contribution < 1.29 is 24.5 Å². The van der Waals surface area contributed by atoms with Gasteiger partial charge >= 0.3 is 0 Å². The summed E-state index contributed by atoms with van der Waals surface area (Å²) >= 11 is 0. The molecule has 0 spiro atoms. The number of hydrogen-bond donors (Lipinski definition) is 0. The molecule has 0 aliphatic carbocycles. The van der Waals surface area contributed by atoms with Crippen LogP contribution in [-0.4, -0.2) is 15.0 Å². The first-order valence-corrected chi connectivity index (χ1v) is 16.9. The number of benzene rings is 3. The fourth-order valence-electron chi connectivity index (χ4n) is 6.45. The van der Waals surface area contributed by atoms with Crippen molar-refractivity contribution in [3.63, 3.8) is 0 Å². The molecule has 0 aliphatic rings. The van der Waals surface area contributed by atoms with Gasteiger partial charge in [0.25, 0.3) is 0 Å². The van der Waals surface area contributed by atoms with Gasteiger partial charge in [0.05, 0.1) is 11.3 Å². The zero-order valence-corrected chi connectivity index (χ0v) is 32.1. The van der Waals surface area contributed by atoms with Gasteiger partial charge in [0, 0.05) is 43.4 Å².